The number of carboxylic acids is 1. The summed E-state index contributed by atoms with van der Waals surface area (Å²) in [5, 5.41) is 11.9. The third-order valence-electron chi connectivity index (χ3n) is 3.96. The topological polar surface area (TPSA) is 88.1 Å². The molecule has 1 fully saturated rings. The lowest BCUT2D eigenvalue weighted by Crippen LogP contribution is -2.44. The van der Waals surface area contributed by atoms with E-state index < -0.39 is 17.7 Å². The molecule has 0 spiro atoms. The minimum Gasteiger partial charge on any atom is -0.481 e. The number of aliphatic carboxylic acids is 1. The van der Waals surface area contributed by atoms with Crippen molar-refractivity contribution in [3.8, 4) is 11.5 Å². The van der Waals surface area contributed by atoms with E-state index in [0.29, 0.717) is 36.6 Å². The second-order valence-corrected chi connectivity index (χ2v) is 6.32. The number of rotatable bonds is 2. The SMILES string of the molecule is CC1(C)Oc2ccc(NC(=O)N3CCCC(C(=O)O)C3)cc2O1. The molecule has 7 heteroatoms. The Hall–Kier alpha value is -2.44. The van der Waals surface area contributed by atoms with Crippen molar-refractivity contribution >= 4 is 17.7 Å². The second-order valence-electron chi connectivity index (χ2n) is 6.32. The molecule has 0 aromatic heterocycles. The molecular weight excluding hydrogens is 300 g/mol. The zero-order valence-electron chi connectivity index (χ0n) is 13.2. The molecule has 2 heterocycles. The second kappa shape index (κ2) is 5.64. The highest BCUT2D eigenvalue weighted by molar-refractivity contribution is 5.90. The Morgan fingerprint density at radius 2 is 2.04 bits per heavy atom. The number of carboxylic acid groups (broad SMARTS) is 1. The van der Waals surface area contributed by atoms with Gasteiger partial charge in [-0.25, -0.2) is 4.79 Å². The summed E-state index contributed by atoms with van der Waals surface area (Å²) in [4.78, 5) is 24.9. The maximum atomic E-state index is 12.3. The van der Waals surface area contributed by atoms with Gasteiger partial charge >= 0.3 is 12.0 Å². The van der Waals surface area contributed by atoms with Crippen molar-refractivity contribution in [1.82, 2.24) is 4.90 Å². The maximum absolute atomic E-state index is 12.3. The maximum Gasteiger partial charge on any atom is 0.321 e. The zero-order valence-corrected chi connectivity index (χ0v) is 13.2. The number of anilines is 1. The van der Waals surface area contributed by atoms with E-state index in [0.717, 1.165) is 0 Å². The van der Waals surface area contributed by atoms with Gasteiger partial charge < -0.3 is 24.8 Å². The van der Waals surface area contributed by atoms with Crippen molar-refractivity contribution in [3.63, 3.8) is 0 Å². The summed E-state index contributed by atoms with van der Waals surface area (Å²) >= 11 is 0. The van der Waals surface area contributed by atoms with E-state index in [1.165, 1.54) is 4.90 Å². The van der Waals surface area contributed by atoms with Gasteiger partial charge in [-0.15, -0.1) is 0 Å². The van der Waals surface area contributed by atoms with Crippen molar-refractivity contribution in [2.24, 2.45) is 5.92 Å². The number of carbonyl (C=O) groups excluding carboxylic acids is 1. The molecule has 0 radical (unpaired) electrons. The Bertz CT molecular complexity index is 643. The summed E-state index contributed by atoms with van der Waals surface area (Å²) in [7, 11) is 0. The van der Waals surface area contributed by atoms with Gasteiger partial charge in [0.1, 0.15) is 0 Å². The Balaban J connectivity index is 1.66. The van der Waals surface area contributed by atoms with Crippen LogP contribution in [0.2, 0.25) is 0 Å². The summed E-state index contributed by atoms with van der Waals surface area (Å²) in [5.41, 5.74) is 0.590. The van der Waals surface area contributed by atoms with Crippen LogP contribution in [-0.2, 0) is 4.79 Å². The first-order chi connectivity index (χ1) is 10.8. The van der Waals surface area contributed by atoms with Crippen LogP contribution in [0.5, 0.6) is 11.5 Å². The van der Waals surface area contributed by atoms with Crippen LogP contribution in [0.15, 0.2) is 18.2 Å². The molecule has 1 aromatic carbocycles. The third-order valence-corrected chi connectivity index (χ3v) is 3.96. The van der Waals surface area contributed by atoms with Crippen molar-refractivity contribution in [2.75, 3.05) is 18.4 Å². The Kier molecular flexibility index (Phi) is 3.79. The highest BCUT2D eigenvalue weighted by Gasteiger charge is 2.32. The molecular formula is C16H20N2O5. The van der Waals surface area contributed by atoms with Gasteiger partial charge in [0.2, 0.25) is 5.79 Å². The van der Waals surface area contributed by atoms with Crippen LogP contribution in [0.25, 0.3) is 0 Å². The molecule has 2 aliphatic heterocycles. The predicted octanol–water partition coefficient (Wildman–Crippen LogP) is 2.52. The number of ether oxygens (including phenoxy) is 2. The third kappa shape index (κ3) is 3.33. The van der Waals surface area contributed by atoms with Crippen LogP contribution >= 0.6 is 0 Å². The minimum absolute atomic E-state index is 0.235. The Morgan fingerprint density at radius 3 is 2.78 bits per heavy atom. The number of hydrogen-bond acceptors (Lipinski definition) is 4. The predicted molar refractivity (Wildman–Crippen MR) is 82.7 cm³/mol. The molecule has 23 heavy (non-hydrogen) atoms. The Labute approximate surface area is 134 Å². The fourth-order valence-corrected chi connectivity index (χ4v) is 2.87. The number of likely N-dealkylation sites (tertiary alicyclic amines) is 1. The quantitative estimate of drug-likeness (QED) is 0.874. The zero-order chi connectivity index (χ0) is 16.6. The van der Waals surface area contributed by atoms with E-state index in [1.807, 2.05) is 13.8 Å². The van der Waals surface area contributed by atoms with E-state index in [9.17, 15) is 9.59 Å². The van der Waals surface area contributed by atoms with Crippen molar-refractivity contribution < 1.29 is 24.2 Å². The first-order valence-electron chi connectivity index (χ1n) is 7.65. The first kappa shape index (κ1) is 15.5. The summed E-state index contributed by atoms with van der Waals surface area (Å²) < 4.78 is 11.2. The fourth-order valence-electron chi connectivity index (χ4n) is 2.87. The Morgan fingerprint density at radius 1 is 1.30 bits per heavy atom. The van der Waals surface area contributed by atoms with Crippen molar-refractivity contribution in [2.45, 2.75) is 32.5 Å². The lowest BCUT2D eigenvalue weighted by Gasteiger charge is -2.30. The number of piperidine rings is 1. The average Bonchev–Trinajstić information content (AvgIpc) is 2.80. The molecule has 0 bridgehead atoms. The molecule has 1 unspecified atom stereocenters. The minimum atomic E-state index is -0.854. The van der Waals surface area contributed by atoms with Gasteiger partial charge in [0.25, 0.3) is 0 Å². The summed E-state index contributed by atoms with van der Waals surface area (Å²) in [6, 6.07) is 4.89. The monoisotopic (exact) mass is 320 g/mol. The average molecular weight is 320 g/mol. The molecule has 1 atom stereocenters. The van der Waals surface area contributed by atoms with Crippen LogP contribution in [0.4, 0.5) is 10.5 Å². The number of carbonyl (C=O) groups is 2. The molecule has 2 aliphatic rings. The molecule has 0 saturated carbocycles. The lowest BCUT2D eigenvalue weighted by molar-refractivity contribution is -0.143. The van der Waals surface area contributed by atoms with E-state index in [4.69, 9.17) is 14.6 Å². The van der Waals surface area contributed by atoms with Gasteiger partial charge in [-0.3, -0.25) is 4.79 Å². The van der Waals surface area contributed by atoms with Crippen LogP contribution in [0.1, 0.15) is 26.7 Å². The van der Waals surface area contributed by atoms with Gasteiger partial charge in [0.15, 0.2) is 11.5 Å². The molecule has 2 amide bonds. The van der Waals surface area contributed by atoms with E-state index in [1.54, 1.807) is 18.2 Å². The van der Waals surface area contributed by atoms with Crippen LogP contribution in [0, 0.1) is 5.92 Å². The number of nitrogens with zero attached hydrogens (tertiary/aromatic N) is 1. The number of hydrogen-bond donors (Lipinski definition) is 2. The molecule has 7 nitrogen and oxygen atoms in total. The molecule has 2 N–H and O–H groups in total. The number of fused-ring (bicyclic) bond motifs is 1. The van der Waals surface area contributed by atoms with Crippen molar-refractivity contribution in [3.05, 3.63) is 18.2 Å². The van der Waals surface area contributed by atoms with Gasteiger partial charge in [0, 0.05) is 38.7 Å². The van der Waals surface area contributed by atoms with Gasteiger partial charge in [-0.05, 0) is 25.0 Å². The largest absolute Gasteiger partial charge is 0.481 e. The molecule has 124 valence electrons. The number of amides is 2. The highest BCUT2D eigenvalue weighted by atomic mass is 16.7. The van der Waals surface area contributed by atoms with E-state index >= 15 is 0 Å². The smallest absolute Gasteiger partial charge is 0.321 e. The molecule has 0 aliphatic carbocycles. The van der Waals surface area contributed by atoms with Crippen LogP contribution in [0.3, 0.4) is 0 Å². The normalized spacial score (nSPS) is 21.8. The van der Waals surface area contributed by atoms with Crippen LogP contribution in [-0.4, -0.2) is 40.9 Å². The standard InChI is InChI=1S/C16H20N2O5/c1-16(2)22-12-6-5-11(8-13(12)23-16)17-15(21)18-7-3-4-10(9-18)14(19)20/h5-6,8,10H,3-4,7,9H2,1-2H3,(H,17,21)(H,19,20). The highest BCUT2D eigenvalue weighted by Crippen LogP contribution is 2.40. The van der Waals surface area contributed by atoms with Crippen LogP contribution < -0.4 is 14.8 Å². The number of benzene rings is 1. The summed E-state index contributed by atoms with van der Waals surface area (Å²) in [5.74, 6) is -0.848. The molecule has 1 saturated heterocycles. The fraction of sp³-hybridized carbons (Fsp3) is 0.500. The number of nitrogens with one attached hydrogen (secondary N) is 1. The summed E-state index contributed by atoms with van der Waals surface area (Å²) in [6.45, 7) is 4.42. The lowest BCUT2D eigenvalue weighted by atomic mass is 9.99. The van der Waals surface area contributed by atoms with E-state index in [2.05, 4.69) is 5.32 Å². The first-order valence-corrected chi connectivity index (χ1v) is 7.65. The van der Waals surface area contributed by atoms with Gasteiger partial charge in [-0.1, -0.05) is 0 Å². The summed E-state index contributed by atoms with van der Waals surface area (Å²) in [6.07, 6.45) is 1.30. The van der Waals surface area contributed by atoms with Gasteiger partial charge in [-0.2, -0.15) is 0 Å². The van der Waals surface area contributed by atoms with E-state index in [-0.39, 0.29) is 12.6 Å². The number of urea groups is 1. The molecule has 1 aromatic rings. The molecule has 3 rings (SSSR count). The van der Waals surface area contributed by atoms with Crippen molar-refractivity contribution in [1.29, 1.82) is 0 Å². The van der Waals surface area contributed by atoms with Gasteiger partial charge in [0.05, 0.1) is 5.92 Å².